The predicted molar refractivity (Wildman–Crippen MR) is 48.6 cm³/mol. The second kappa shape index (κ2) is 3.46. The third-order valence-electron chi connectivity index (χ3n) is 1.89. The number of hydrogen-bond donors (Lipinski definition) is 2. The van der Waals surface area contributed by atoms with E-state index >= 15 is 0 Å². The second-order valence-electron chi connectivity index (χ2n) is 2.74. The third-order valence-corrected chi connectivity index (χ3v) is 1.89. The second-order valence-corrected chi connectivity index (χ2v) is 2.74. The highest BCUT2D eigenvalue weighted by molar-refractivity contribution is 5.91. The van der Waals surface area contributed by atoms with Crippen LogP contribution in [0.3, 0.4) is 0 Å². The molecule has 0 saturated carbocycles. The Morgan fingerprint density at radius 1 is 1.36 bits per heavy atom. The Morgan fingerprint density at radius 2 is 1.93 bits per heavy atom. The molecular weight excluding hydrogens is 188 g/mol. The molecule has 76 valence electrons. The monoisotopic (exact) mass is 198 g/mol. The molecule has 0 aliphatic heterocycles. The molecule has 0 aliphatic carbocycles. The van der Waals surface area contributed by atoms with Gasteiger partial charge in [-0.15, -0.1) is 0 Å². The summed E-state index contributed by atoms with van der Waals surface area (Å²) in [6.45, 7) is 0. The van der Waals surface area contributed by atoms with Crippen molar-refractivity contribution in [1.82, 2.24) is 14.6 Å². The van der Waals surface area contributed by atoms with Crippen LogP contribution in [0.5, 0.6) is 0 Å². The van der Waals surface area contributed by atoms with Crippen molar-refractivity contribution < 1.29 is 4.79 Å². The zero-order chi connectivity index (χ0) is 10.9. The van der Waals surface area contributed by atoms with Gasteiger partial charge in [-0.2, -0.15) is 0 Å². The summed E-state index contributed by atoms with van der Waals surface area (Å²) in [7, 11) is 2.71. The van der Waals surface area contributed by atoms with E-state index in [0.717, 1.165) is 15.2 Å². The maximum absolute atomic E-state index is 11.3. The van der Waals surface area contributed by atoms with Gasteiger partial charge in [-0.3, -0.25) is 24.1 Å². The third kappa shape index (κ3) is 1.44. The number of aromatic nitrogens is 2. The molecule has 14 heavy (non-hydrogen) atoms. The Balaban J connectivity index is 3.57. The molecule has 0 saturated heterocycles. The summed E-state index contributed by atoms with van der Waals surface area (Å²) in [6, 6.07) is 1.05. The van der Waals surface area contributed by atoms with Crippen molar-refractivity contribution in [3.63, 3.8) is 0 Å². The van der Waals surface area contributed by atoms with Crippen LogP contribution in [0.25, 0.3) is 0 Å². The van der Waals surface area contributed by atoms with Gasteiger partial charge in [-0.25, -0.2) is 10.6 Å². The van der Waals surface area contributed by atoms with E-state index in [0.29, 0.717) is 0 Å². The van der Waals surface area contributed by atoms with Gasteiger partial charge in [0.25, 0.3) is 11.5 Å². The van der Waals surface area contributed by atoms with Crippen LogP contribution in [0.15, 0.2) is 15.7 Å². The molecule has 0 atom stereocenters. The van der Waals surface area contributed by atoms with Gasteiger partial charge in [0.05, 0.1) is 0 Å². The van der Waals surface area contributed by atoms with E-state index in [-0.39, 0.29) is 5.69 Å². The fourth-order valence-electron chi connectivity index (χ4n) is 1.02. The first kappa shape index (κ1) is 10.2. The highest BCUT2D eigenvalue weighted by Crippen LogP contribution is 1.88. The number of carbonyl (C=O) groups is 1. The largest absolute Gasteiger partial charge is 0.331 e. The fourth-order valence-corrected chi connectivity index (χ4v) is 1.02. The molecule has 0 fully saturated rings. The number of nitrogen functional groups attached to an aromatic ring is 1. The van der Waals surface area contributed by atoms with Gasteiger partial charge in [-0.1, -0.05) is 0 Å². The normalized spacial score (nSPS) is 9.93. The Hall–Kier alpha value is -1.89. The molecule has 1 amide bonds. The molecular formula is C7H10N4O3. The van der Waals surface area contributed by atoms with Gasteiger partial charge in [0, 0.05) is 20.2 Å². The maximum atomic E-state index is 11.3. The molecule has 1 heterocycles. The topological polar surface area (TPSA) is 99.1 Å². The molecule has 0 unspecified atom stereocenters. The number of hydrogen-bond acceptors (Lipinski definition) is 4. The molecule has 7 nitrogen and oxygen atoms in total. The van der Waals surface area contributed by atoms with Crippen LogP contribution < -0.4 is 22.5 Å². The molecule has 1 rings (SSSR count). The van der Waals surface area contributed by atoms with E-state index in [1.165, 1.54) is 14.1 Å². The van der Waals surface area contributed by atoms with Crippen molar-refractivity contribution in [1.29, 1.82) is 0 Å². The average molecular weight is 198 g/mol. The molecule has 0 spiro atoms. The molecule has 1 aromatic rings. The molecule has 0 aromatic carbocycles. The molecule has 0 radical (unpaired) electrons. The van der Waals surface area contributed by atoms with Crippen molar-refractivity contribution in [2.45, 2.75) is 0 Å². The first-order chi connectivity index (χ1) is 6.49. The van der Waals surface area contributed by atoms with Crippen molar-refractivity contribution in [2.24, 2.45) is 19.9 Å². The SMILES string of the molecule is Cn1c(C(=O)NN)cc(=O)n(C)c1=O. The van der Waals surface area contributed by atoms with Crippen molar-refractivity contribution in [2.75, 3.05) is 0 Å². The van der Waals surface area contributed by atoms with E-state index in [1.54, 1.807) is 0 Å². The van der Waals surface area contributed by atoms with Crippen LogP contribution in [0, 0.1) is 0 Å². The number of rotatable bonds is 1. The molecule has 0 aliphatic rings. The highest BCUT2D eigenvalue weighted by atomic mass is 16.2. The molecule has 0 bridgehead atoms. The maximum Gasteiger partial charge on any atom is 0.331 e. The van der Waals surface area contributed by atoms with Gasteiger partial charge in [0.1, 0.15) is 5.69 Å². The van der Waals surface area contributed by atoms with E-state index < -0.39 is 17.2 Å². The smallest absolute Gasteiger partial charge is 0.292 e. The summed E-state index contributed by atoms with van der Waals surface area (Å²) in [5.41, 5.74) is 0.658. The van der Waals surface area contributed by atoms with E-state index in [2.05, 4.69) is 0 Å². The number of nitrogens with two attached hydrogens (primary N) is 1. The zero-order valence-corrected chi connectivity index (χ0v) is 7.77. The minimum absolute atomic E-state index is 0.0689. The first-order valence-corrected chi connectivity index (χ1v) is 3.77. The van der Waals surface area contributed by atoms with Crippen molar-refractivity contribution >= 4 is 5.91 Å². The lowest BCUT2D eigenvalue weighted by Gasteiger charge is -2.06. The summed E-state index contributed by atoms with van der Waals surface area (Å²) < 4.78 is 1.94. The summed E-state index contributed by atoms with van der Waals surface area (Å²) in [5.74, 6) is 4.21. The number of carbonyl (C=O) groups excluding carboxylic acids is 1. The Kier molecular flexibility index (Phi) is 2.52. The standard InChI is InChI=1S/C7H10N4O3/c1-10-4(6(13)9-8)3-5(12)11(2)7(10)14/h3H,8H2,1-2H3,(H,9,13). The average Bonchev–Trinajstić information content (AvgIpc) is 2.19. The summed E-state index contributed by atoms with van der Waals surface area (Å²) in [6.07, 6.45) is 0. The first-order valence-electron chi connectivity index (χ1n) is 3.77. The van der Waals surface area contributed by atoms with Crippen LogP contribution in [0.1, 0.15) is 10.5 Å². The Labute approximate surface area is 78.7 Å². The van der Waals surface area contributed by atoms with Crippen molar-refractivity contribution in [3.8, 4) is 0 Å². The highest BCUT2D eigenvalue weighted by Gasteiger charge is 2.11. The molecule has 1 aromatic heterocycles. The minimum Gasteiger partial charge on any atom is -0.292 e. The molecule has 3 N–H and O–H groups in total. The summed E-state index contributed by atoms with van der Waals surface area (Å²) in [5, 5.41) is 0. The fraction of sp³-hybridized carbons (Fsp3) is 0.286. The number of nitrogens with one attached hydrogen (secondary N) is 1. The lowest BCUT2D eigenvalue weighted by Crippen LogP contribution is -2.42. The van der Waals surface area contributed by atoms with Crippen LogP contribution in [0.2, 0.25) is 0 Å². The Morgan fingerprint density at radius 3 is 2.43 bits per heavy atom. The predicted octanol–water partition coefficient (Wildman–Crippen LogP) is -2.31. The van der Waals surface area contributed by atoms with Crippen LogP contribution in [0.4, 0.5) is 0 Å². The lowest BCUT2D eigenvalue weighted by molar-refractivity contribution is 0.0943. The van der Waals surface area contributed by atoms with Crippen molar-refractivity contribution in [3.05, 3.63) is 32.6 Å². The van der Waals surface area contributed by atoms with E-state index in [4.69, 9.17) is 5.84 Å². The zero-order valence-electron chi connectivity index (χ0n) is 7.77. The number of nitrogens with zero attached hydrogens (tertiary/aromatic N) is 2. The van der Waals surface area contributed by atoms with Crippen LogP contribution >= 0.6 is 0 Å². The number of amides is 1. The van der Waals surface area contributed by atoms with E-state index in [9.17, 15) is 14.4 Å². The number of hydrazine groups is 1. The minimum atomic E-state index is -0.678. The Bertz CT molecular complexity index is 485. The van der Waals surface area contributed by atoms with E-state index in [1.807, 2.05) is 5.43 Å². The van der Waals surface area contributed by atoms with Gasteiger partial charge in [0.2, 0.25) is 0 Å². The lowest BCUT2D eigenvalue weighted by atomic mass is 10.4. The quantitative estimate of drug-likeness (QED) is 0.301. The van der Waals surface area contributed by atoms with Crippen LogP contribution in [-0.4, -0.2) is 15.0 Å². The summed E-state index contributed by atoms with van der Waals surface area (Å²) >= 11 is 0. The summed E-state index contributed by atoms with van der Waals surface area (Å²) in [4.78, 5) is 33.6. The van der Waals surface area contributed by atoms with Gasteiger partial charge in [-0.05, 0) is 0 Å². The molecule has 7 heteroatoms. The van der Waals surface area contributed by atoms with Gasteiger partial charge in [0.15, 0.2) is 0 Å². The van der Waals surface area contributed by atoms with Gasteiger partial charge < -0.3 is 0 Å². The van der Waals surface area contributed by atoms with Crippen LogP contribution in [-0.2, 0) is 14.1 Å². The van der Waals surface area contributed by atoms with Gasteiger partial charge >= 0.3 is 5.69 Å².